The number of methoxy groups -OCH3 is 2. The average Bonchev–Trinajstić information content (AvgIpc) is 3.62. The van der Waals surface area contributed by atoms with Crippen molar-refractivity contribution in [3.63, 3.8) is 0 Å². The number of carbonyl (C=O) groups is 1. The summed E-state index contributed by atoms with van der Waals surface area (Å²) in [5.74, 6) is 2.14. The van der Waals surface area contributed by atoms with Crippen LogP contribution < -0.4 is 19.5 Å². The van der Waals surface area contributed by atoms with Crippen molar-refractivity contribution in [1.82, 2.24) is 10.3 Å². The Morgan fingerprint density at radius 1 is 0.903 bits per heavy atom. The lowest BCUT2D eigenvalue weighted by Gasteiger charge is -2.16. The molecular formula is C25H22N2O4. The maximum Gasteiger partial charge on any atom is 0.255 e. The molecule has 0 unspecified atom stereocenters. The van der Waals surface area contributed by atoms with Gasteiger partial charge in [0.15, 0.2) is 11.5 Å². The van der Waals surface area contributed by atoms with E-state index in [1.165, 1.54) is 0 Å². The molecule has 1 heterocycles. The number of hydrogen-bond donors (Lipinski definition) is 1. The van der Waals surface area contributed by atoms with Crippen molar-refractivity contribution in [3.05, 3.63) is 66.4 Å². The Hall–Kier alpha value is -3.80. The lowest BCUT2D eigenvalue weighted by molar-refractivity contribution is 0.0950. The zero-order valence-corrected chi connectivity index (χ0v) is 17.3. The van der Waals surface area contributed by atoms with E-state index in [4.69, 9.17) is 14.2 Å². The third-order valence-electron chi connectivity index (χ3n) is 5.46. The predicted molar refractivity (Wildman–Crippen MR) is 119 cm³/mol. The first-order chi connectivity index (χ1) is 15.2. The third-order valence-corrected chi connectivity index (χ3v) is 5.46. The Morgan fingerprint density at radius 2 is 1.68 bits per heavy atom. The van der Waals surface area contributed by atoms with Crippen LogP contribution in [0.1, 0.15) is 23.2 Å². The first-order valence-electron chi connectivity index (χ1n) is 10.2. The fourth-order valence-electron chi connectivity index (χ4n) is 3.71. The molecule has 1 saturated carbocycles. The number of amides is 1. The number of pyridine rings is 1. The fourth-order valence-corrected chi connectivity index (χ4v) is 3.71. The largest absolute Gasteiger partial charge is 0.493 e. The van der Waals surface area contributed by atoms with E-state index in [2.05, 4.69) is 10.3 Å². The minimum Gasteiger partial charge on any atom is -0.493 e. The van der Waals surface area contributed by atoms with Gasteiger partial charge >= 0.3 is 0 Å². The first kappa shape index (κ1) is 19.2. The zero-order chi connectivity index (χ0) is 21.4. The van der Waals surface area contributed by atoms with Gasteiger partial charge in [-0.15, -0.1) is 0 Å². The zero-order valence-electron chi connectivity index (χ0n) is 17.3. The predicted octanol–water partition coefficient (Wildman–Crippen LogP) is 5.09. The summed E-state index contributed by atoms with van der Waals surface area (Å²) in [6.45, 7) is 0. The van der Waals surface area contributed by atoms with Crippen LogP contribution in [0.3, 0.4) is 0 Å². The second-order valence-corrected chi connectivity index (χ2v) is 7.54. The van der Waals surface area contributed by atoms with Crippen LogP contribution in [0.5, 0.6) is 23.0 Å². The van der Waals surface area contributed by atoms with E-state index >= 15 is 0 Å². The number of aromatic nitrogens is 1. The van der Waals surface area contributed by atoms with Gasteiger partial charge in [0.05, 0.1) is 25.3 Å². The smallest absolute Gasteiger partial charge is 0.255 e. The van der Waals surface area contributed by atoms with Crippen molar-refractivity contribution in [3.8, 4) is 23.0 Å². The van der Waals surface area contributed by atoms with E-state index < -0.39 is 0 Å². The van der Waals surface area contributed by atoms with Crippen molar-refractivity contribution in [2.75, 3.05) is 14.2 Å². The fraction of sp³-hybridized carbons (Fsp3) is 0.200. The van der Waals surface area contributed by atoms with E-state index in [-0.39, 0.29) is 11.9 Å². The number of carbonyl (C=O) groups excluding carboxylic acids is 1. The summed E-state index contributed by atoms with van der Waals surface area (Å²) >= 11 is 0. The maximum atomic E-state index is 13.1. The Morgan fingerprint density at radius 3 is 2.45 bits per heavy atom. The maximum absolute atomic E-state index is 13.1. The van der Waals surface area contributed by atoms with Gasteiger partial charge in [-0.05, 0) is 41.8 Å². The third kappa shape index (κ3) is 3.61. The highest BCUT2D eigenvalue weighted by Gasteiger charge is 2.26. The molecule has 5 rings (SSSR count). The Labute approximate surface area is 179 Å². The molecule has 0 spiro atoms. The molecule has 6 nitrogen and oxygen atoms in total. The lowest BCUT2D eigenvalue weighted by atomic mass is 10.0. The van der Waals surface area contributed by atoms with Gasteiger partial charge < -0.3 is 19.5 Å². The van der Waals surface area contributed by atoms with Crippen LogP contribution in [0.4, 0.5) is 0 Å². The van der Waals surface area contributed by atoms with Crippen LogP contribution in [0.25, 0.3) is 21.7 Å². The molecule has 156 valence electrons. The van der Waals surface area contributed by atoms with Gasteiger partial charge in [-0.2, -0.15) is 0 Å². The molecule has 0 aliphatic heterocycles. The highest BCUT2D eigenvalue weighted by molar-refractivity contribution is 6.09. The Kier molecular flexibility index (Phi) is 4.82. The van der Waals surface area contributed by atoms with Gasteiger partial charge in [0.25, 0.3) is 5.91 Å². The number of hydrogen-bond acceptors (Lipinski definition) is 5. The highest BCUT2D eigenvalue weighted by Crippen LogP contribution is 2.39. The molecule has 6 heteroatoms. The molecule has 1 aliphatic carbocycles. The Bertz CT molecular complexity index is 1300. The van der Waals surface area contributed by atoms with Crippen LogP contribution in [0.15, 0.2) is 60.8 Å². The van der Waals surface area contributed by atoms with Gasteiger partial charge in [0.2, 0.25) is 0 Å². The van der Waals surface area contributed by atoms with E-state index in [1.54, 1.807) is 26.5 Å². The quantitative estimate of drug-likeness (QED) is 0.476. The molecule has 1 aliphatic rings. The van der Waals surface area contributed by atoms with Gasteiger partial charge in [-0.1, -0.05) is 30.3 Å². The molecule has 0 bridgehead atoms. The molecule has 4 aromatic rings. The molecule has 0 atom stereocenters. The molecule has 1 aromatic heterocycles. The number of ether oxygens (including phenoxy) is 3. The summed E-state index contributed by atoms with van der Waals surface area (Å²) in [4.78, 5) is 17.6. The number of fused-ring (bicyclic) bond motifs is 2. The normalized spacial score (nSPS) is 13.2. The highest BCUT2D eigenvalue weighted by atomic mass is 16.5. The lowest BCUT2D eigenvalue weighted by Crippen LogP contribution is -2.26. The number of benzene rings is 3. The van der Waals surface area contributed by atoms with E-state index in [0.29, 0.717) is 34.1 Å². The average molecular weight is 414 g/mol. The molecule has 1 amide bonds. The van der Waals surface area contributed by atoms with E-state index in [1.807, 2.05) is 48.5 Å². The van der Waals surface area contributed by atoms with Crippen LogP contribution in [-0.4, -0.2) is 31.2 Å². The van der Waals surface area contributed by atoms with Crippen LogP contribution in [0, 0.1) is 0 Å². The SMILES string of the molecule is COc1cc2nccc(Oc3ccc4ccccc4c3C(=O)NC3CC3)c2cc1OC. The van der Waals surface area contributed by atoms with Crippen molar-refractivity contribution in [2.24, 2.45) is 0 Å². The first-order valence-corrected chi connectivity index (χ1v) is 10.2. The molecule has 1 N–H and O–H groups in total. The van der Waals surface area contributed by atoms with Gasteiger partial charge in [-0.3, -0.25) is 9.78 Å². The van der Waals surface area contributed by atoms with Crippen molar-refractivity contribution >= 4 is 27.6 Å². The van der Waals surface area contributed by atoms with Crippen LogP contribution in [-0.2, 0) is 0 Å². The van der Waals surface area contributed by atoms with Crippen molar-refractivity contribution in [2.45, 2.75) is 18.9 Å². The Balaban J connectivity index is 1.63. The van der Waals surface area contributed by atoms with Gasteiger partial charge in [0.1, 0.15) is 11.5 Å². The number of nitrogens with zero attached hydrogens (tertiary/aromatic N) is 1. The van der Waals surface area contributed by atoms with E-state index in [9.17, 15) is 4.79 Å². The molecule has 0 saturated heterocycles. The van der Waals surface area contributed by atoms with Gasteiger partial charge in [-0.25, -0.2) is 0 Å². The monoisotopic (exact) mass is 414 g/mol. The number of nitrogens with one attached hydrogen (secondary N) is 1. The minimum absolute atomic E-state index is 0.119. The second-order valence-electron chi connectivity index (χ2n) is 7.54. The van der Waals surface area contributed by atoms with Crippen molar-refractivity contribution < 1.29 is 19.0 Å². The number of rotatable bonds is 6. The second kappa shape index (κ2) is 7.80. The summed E-state index contributed by atoms with van der Waals surface area (Å²) in [5.41, 5.74) is 1.25. The summed E-state index contributed by atoms with van der Waals surface area (Å²) in [6.07, 6.45) is 3.71. The molecule has 3 aromatic carbocycles. The molecule has 0 radical (unpaired) electrons. The van der Waals surface area contributed by atoms with Crippen LogP contribution in [0.2, 0.25) is 0 Å². The summed E-state index contributed by atoms with van der Waals surface area (Å²) in [5, 5.41) is 5.70. The topological polar surface area (TPSA) is 69.7 Å². The minimum atomic E-state index is -0.119. The molecule has 31 heavy (non-hydrogen) atoms. The summed E-state index contributed by atoms with van der Waals surface area (Å²) in [7, 11) is 3.17. The van der Waals surface area contributed by atoms with E-state index in [0.717, 1.165) is 29.0 Å². The van der Waals surface area contributed by atoms with Gasteiger partial charge in [0, 0.05) is 23.7 Å². The summed E-state index contributed by atoms with van der Waals surface area (Å²) < 4.78 is 17.2. The summed E-state index contributed by atoms with van der Waals surface area (Å²) in [6, 6.07) is 17.3. The van der Waals surface area contributed by atoms with Crippen LogP contribution >= 0.6 is 0 Å². The standard InChI is InChI=1S/C25H22N2O4/c1-29-22-13-18-19(14-23(22)30-2)26-12-11-20(18)31-21-10-7-15-5-3-4-6-17(15)24(21)25(28)27-16-8-9-16/h3-7,10-14,16H,8-9H2,1-2H3,(H,27,28). The molecule has 1 fully saturated rings. The van der Waals surface area contributed by atoms with Crippen molar-refractivity contribution in [1.29, 1.82) is 0 Å². The molecular weight excluding hydrogens is 392 g/mol.